The lowest BCUT2D eigenvalue weighted by Crippen LogP contribution is -2.36. The Balaban J connectivity index is 1.80. The summed E-state index contributed by atoms with van der Waals surface area (Å²) in [5.41, 5.74) is 2.31. The minimum Gasteiger partial charge on any atom is -0.378 e. The van der Waals surface area contributed by atoms with Crippen LogP contribution in [0.25, 0.3) is 15.8 Å². The molecule has 3 heterocycles. The van der Waals surface area contributed by atoms with Crippen LogP contribution in [0.2, 0.25) is 5.28 Å². The highest BCUT2D eigenvalue weighted by atomic mass is 35.5. The predicted octanol–water partition coefficient (Wildman–Crippen LogP) is 3.91. The molecular formula is C16H16ClN3OS. The molecule has 114 valence electrons. The smallest absolute Gasteiger partial charge is 0.224 e. The highest BCUT2D eigenvalue weighted by Gasteiger charge is 2.20. The molecular weight excluding hydrogens is 318 g/mol. The summed E-state index contributed by atoms with van der Waals surface area (Å²) in [6, 6.07) is 2.14. The third kappa shape index (κ3) is 2.64. The zero-order valence-electron chi connectivity index (χ0n) is 12.1. The Hall–Kier alpha value is -1.43. The molecule has 0 atom stereocenters. The third-order valence-corrected chi connectivity index (χ3v) is 5.33. The molecule has 0 bridgehead atoms. The molecule has 0 radical (unpaired) electrons. The predicted molar refractivity (Wildman–Crippen MR) is 91.8 cm³/mol. The van der Waals surface area contributed by atoms with E-state index in [1.165, 1.54) is 10.5 Å². The van der Waals surface area contributed by atoms with Crippen LogP contribution in [0.1, 0.15) is 17.7 Å². The maximum atomic E-state index is 6.14. The molecule has 1 fully saturated rings. The van der Waals surface area contributed by atoms with Crippen molar-refractivity contribution in [1.82, 2.24) is 9.97 Å². The van der Waals surface area contributed by atoms with Gasteiger partial charge in [0.15, 0.2) is 5.82 Å². The Morgan fingerprint density at radius 3 is 2.86 bits per heavy atom. The van der Waals surface area contributed by atoms with Crippen molar-refractivity contribution in [1.29, 1.82) is 0 Å². The Morgan fingerprint density at radius 1 is 1.23 bits per heavy atom. The van der Waals surface area contributed by atoms with Gasteiger partial charge in [-0.25, -0.2) is 4.98 Å². The van der Waals surface area contributed by atoms with E-state index in [4.69, 9.17) is 16.3 Å². The normalized spacial score (nSPS) is 18.8. The lowest BCUT2D eigenvalue weighted by Gasteiger charge is -2.28. The lowest BCUT2D eigenvalue weighted by atomic mass is 10.0. The average molecular weight is 334 g/mol. The largest absolute Gasteiger partial charge is 0.378 e. The number of thiophene rings is 1. The van der Waals surface area contributed by atoms with Crippen LogP contribution in [0.4, 0.5) is 5.82 Å². The van der Waals surface area contributed by atoms with E-state index < -0.39 is 0 Å². The van der Waals surface area contributed by atoms with Gasteiger partial charge in [0.25, 0.3) is 0 Å². The van der Waals surface area contributed by atoms with Crippen molar-refractivity contribution >= 4 is 44.5 Å². The van der Waals surface area contributed by atoms with Gasteiger partial charge in [0, 0.05) is 18.0 Å². The fourth-order valence-electron chi connectivity index (χ4n) is 2.84. The summed E-state index contributed by atoms with van der Waals surface area (Å²) in [5.74, 6) is 0.946. The standard InChI is InChI=1S/C16H16ClN3OS/c17-16-18-12-10-13(11-4-2-1-3-5-11)22-14(12)15(19-16)20-6-8-21-9-7-20/h1-2,4,10H,3,5-9H2. The molecule has 0 N–H and O–H groups in total. The van der Waals surface area contributed by atoms with Crippen molar-refractivity contribution in [3.05, 3.63) is 34.5 Å². The van der Waals surface area contributed by atoms with Crippen molar-refractivity contribution in [2.24, 2.45) is 0 Å². The summed E-state index contributed by atoms with van der Waals surface area (Å²) < 4.78 is 6.55. The molecule has 0 amide bonds. The Bertz CT molecular complexity index is 762. The molecule has 2 aliphatic rings. The van der Waals surface area contributed by atoms with Gasteiger partial charge < -0.3 is 9.64 Å². The molecule has 22 heavy (non-hydrogen) atoms. The Morgan fingerprint density at radius 2 is 2.09 bits per heavy atom. The number of halogens is 1. The van der Waals surface area contributed by atoms with E-state index in [0.29, 0.717) is 5.28 Å². The van der Waals surface area contributed by atoms with Gasteiger partial charge in [-0.15, -0.1) is 11.3 Å². The number of anilines is 1. The number of allylic oxidation sites excluding steroid dienone is 4. The number of ether oxygens (including phenoxy) is 1. The second-order valence-corrected chi connectivity index (χ2v) is 6.79. The first kappa shape index (κ1) is 14.2. The number of hydrogen-bond acceptors (Lipinski definition) is 5. The molecule has 0 aromatic carbocycles. The number of nitrogens with zero attached hydrogens (tertiary/aromatic N) is 3. The zero-order chi connectivity index (χ0) is 14.9. The molecule has 1 saturated heterocycles. The quantitative estimate of drug-likeness (QED) is 0.781. The van der Waals surface area contributed by atoms with Crippen LogP contribution in [-0.4, -0.2) is 36.3 Å². The van der Waals surface area contributed by atoms with Crippen LogP contribution in [0.5, 0.6) is 0 Å². The van der Waals surface area contributed by atoms with Gasteiger partial charge in [-0.3, -0.25) is 0 Å². The fraction of sp³-hybridized carbons (Fsp3) is 0.375. The lowest BCUT2D eigenvalue weighted by molar-refractivity contribution is 0.122. The van der Waals surface area contributed by atoms with E-state index >= 15 is 0 Å². The molecule has 4 rings (SSSR count). The van der Waals surface area contributed by atoms with Crippen LogP contribution < -0.4 is 4.90 Å². The van der Waals surface area contributed by atoms with Gasteiger partial charge in [-0.2, -0.15) is 4.98 Å². The first-order chi connectivity index (χ1) is 10.8. The molecule has 0 unspecified atom stereocenters. The topological polar surface area (TPSA) is 38.2 Å². The Labute approximate surface area is 138 Å². The van der Waals surface area contributed by atoms with Crippen LogP contribution >= 0.6 is 22.9 Å². The van der Waals surface area contributed by atoms with Crippen LogP contribution in [0.15, 0.2) is 24.3 Å². The SMILES string of the molecule is Clc1nc(N2CCOCC2)c2sc(C3=CC=CCC3)cc2n1. The maximum absolute atomic E-state index is 6.14. The monoisotopic (exact) mass is 333 g/mol. The van der Waals surface area contributed by atoms with E-state index in [-0.39, 0.29) is 0 Å². The van der Waals surface area contributed by atoms with Crippen molar-refractivity contribution < 1.29 is 4.74 Å². The highest BCUT2D eigenvalue weighted by Crippen LogP contribution is 2.38. The summed E-state index contributed by atoms with van der Waals surface area (Å²) in [6.45, 7) is 3.16. The summed E-state index contributed by atoms with van der Waals surface area (Å²) in [7, 11) is 0. The molecule has 1 aliphatic heterocycles. The first-order valence-electron chi connectivity index (χ1n) is 7.47. The van der Waals surface area contributed by atoms with Gasteiger partial charge in [0.1, 0.15) is 0 Å². The maximum Gasteiger partial charge on any atom is 0.224 e. The first-order valence-corrected chi connectivity index (χ1v) is 8.66. The minimum absolute atomic E-state index is 0.316. The van der Waals surface area contributed by atoms with E-state index in [1.54, 1.807) is 11.3 Å². The molecule has 4 nitrogen and oxygen atoms in total. The van der Waals surface area contributed by atoms with Gasteiger partial charge in [0.05, 0.1) is 23.4 Å². The van der Waals surface area contributed by atoms with E-state index in [2.05, 4.69) is 39.2 Å². The summed E-state index contributed by atoms with van der Waals surface area (Å²) >= 11 is 7.90. The van der Waals surface area contributed by atoms with E-state index in [9.17, 15) is 0 Å². The molecule has 6 heteroatoms. The number of aromatic nitrogens is 2. The van der Waals surface area contributed by atoms with Gasteiger partial charge in [-0.05, 0) is 36.1 Å². The summed E-state index contributed by atoms with van der Waals surface area (Å²) in [6.07, 6.45) is 8.70. The summed E-state index contributed by atoms with van der Waals surface area (Å²) in [4.78, 5) is 12.4. The zero-order valence-corrected chi connectivity index (χ0v) is 13.7. The molecule has 2 aromatic rings. The fourth-order valence-corrected chi connectivity index (χ4v) is 4.18. The van der Waals surface area contributed by atoms with Crippen molar-refractivity contribution in [3.8, 4) is 0 Å². The molecule has 1 aliphatic carbocycles. The van der Waals surface area contributed by atoms with Crippen molar-refractivity contribution in [2.75, 3.05) is 31.2 Å². The van der Waals surface area contributed by atoms with Crippen LogP contribution in [0, 0.1) is 0 Å². The van der Waals surface area contributed by atoms with Gasteiger partial charge in [-0.1, -0.05) is 18.2 Å². The molecule has 0 spiro atoms. The van der Waals surface area contributed by atoms with Crippen LogP contribution in [-0.2, 0) is 4.74 Å². The van der Waals surface area contributed by atoms with E-state index in [0.717, 1.165) is 55.2 Å². The third-order valence-electron chi connectivity index (χ3n) is 3.97. The Kier molecular flexibility index (Phi) is 3.86. The molecule has 2 aromatic heterocycles. The number of fused-ring (bicyclic) bond motifs is 1. The second-order valence-electron chi connectivity index (χ2n) is 5.40. The average Bonchev–Trinajstić information content (AvgIpc) is 2.99. The molecule has 0 saturated carbocycles. The van der Waals surface area contributed by atoms with Crippen LogP contribution in [0.3, 0.4) is 0 Å². The number of hydrogen-bond donors (Lipinski definition) is 0. The van der Waals surface area contributed by atoms with Crippen molar-refractivity contribution in [2.45, 2.75) is 12.8 Å². The second kappa shape index (κ2) is 5.99. The van der Waals surface area contributed by atoms with Gasteiger partial charge >= 0.3 is 0 Å². The van der Waals surface area contributed by atoms with Gasteiger partial charge in [0.2, 0.25) is 5.28 Å². The summed E-state index contributed by atoms with van der Waals surface area (Å²) in [5, 5.41) is 0.316. The minimum atomic E-state index is 0.316. The van der Waals surface area contributed by atoms with E-state index in [1.807, 2.05) is 0 Å². The number of morpholine rings is 1. The highest BCUT2D eigenvalue weighted by molar-refractivity contribution is 7.20. The number of rotatable bonds is 2. The van der Waals surface area contributed by atoms with Crippen molar-refractivity contribution in [3.63, 3.8) is 0 Å².